The summed E-state index contributed by atoms with van der Waals surface area (Å²) in [6, 6.07) is 17.8. The molecule has 0 aliphatic heterocycles. The van der Waals surface area contributed by atoms with Crippen LogP contribution in [0, 0.1) is 13.8 Å². The second-order valence-electron chi connectivity index (χ2n) is 5.33. The van der Waals surface area contributed by atoms with Gasteiger partial charge in [-0.3, -0.25) is 0 Å². The molecule has 0 aliphatic rings. The molecular formula is C19H16O2S. The van der Waals surface area contributed by atoms with E-state index < -0.39 is 5.97 Å². The van der Waals surface area contributed by atoms with E-state index in [-0.39, 0.29) is 0 Å². The van der Waals surface area contributed by atoms with Crippen LogP contribution in [0.2, 0.25) is 0 Å². The van der Waals surface area contributed by atoms with Crippen molar-refractivity contribution in [2.24, 2.45) is 0 Å². The molecule has 3 aromatic rings. The summed E-state index contributed by atoms with van der Waals surface area (Å²) in [6.07, 6.45) is 0. The van der Waals surface area contributed by atoms with Gasteiger partial charge in [0.1, 0.15) is 0 Å². The highest BCUT2D eigenvalue weighted by Gasteiger charge is 2.15. The second kappa shape index (κ2) is 5.78. The highest BCUT2D eigenvalue weighted by Crippen LogP contribution is 2.37. The Labute approximate surface area is 133 Å². The Morgan fingerprint density at radius 1 is 0.909 bits per heavy atom. The first-order chi connectivity index (χ1) is 10.6. The summed E-state index contributed by atoms with van der Waals surface area (Å²) in [7, 11) is 0. The number of thiophene rings is 1. The topological polar surface area (TPSA) is 37.3 Å². The van der Waals surface area contributed by atoms with Gasteiger partial charge in [-0.05, 0) is 43.2 Å². The molecule has 0 atom stereocenters. The molecule has 1 N–H and O–H groups in total. The molecule has 0 unspecified atom stereocenters. The third kappa shape index (κ3) is 2.68. The molecular weight excluding hydrogens is 292 g/mol. The number of carboxylic acid groups (broad SMARTS) is 1. The molecule has 2 nitrogen and oxygen atoms in total. The molecule has 0 bridgehead atoms. The van der Waals surface area contributed by atoms with Crippen LogP contribution in [0.25, 0.3) is 20.9 Å². The van der Waals surface area contributed by atoms with Crippen molar-refractivity contribution in [1.29, 1.82) is 0 Å². The van der Waals surface area contributed by atoms with Crippen molar-refractivity contribution >= 4 is 17.3 Å². The molecule has 3 heteroatoms. The fourth-order valence-electron chi connectivity index (χ4n) is 2.52. The van der Waals surface area contributed by atoms with Crippen LogP contribution in [0.1, 0.15) is 21.5 Å². The van der Waals surface area contributed by atoms with Crippen molar-refractivity contribution in [3.05, 3.63) is 71.3 Å². The first-order valence-corrected chi connectivity index (χ1v) is 7.88. The van der Waals surface area contributed by atoms with E-state index in [2.05, 4.69) is 37.3 Å². The Hall–Kier alpha value is -2.39. The van der Waals surface area contributed by atoms with Gasteiger partial charge in [-0.15, -0.1) is 11.3 Å². The summed E-state index contributed by atoms with van der Waals surface area (Å²) < 4.78 is 0. The monoisotopic (exact) mass is 308 g/mol. The molecule has 0 amide bonds. The molecule has 0 saturated heterocycles. The van der Waals surface area contributed by atoms with Crippen LogP contribution in [0.5, 0.6) is 0 Å². The zero-order valence-electron chi connectivity index (χ0n) is 12.5. The number of benzene rings is 2. The number of carbonyl (C=O) groups is 1. The number of carboxylic acids is 1. The fraction of sp³-hybridized carbons (Fsp3) is 0.105. The van der Waals surface area contributed by atoms with Crippen molar-refractivity contribution in [1.82, 2.24) is 0 Å². The minimum absolute atomic E-state index is 0.359. The lowest BCUT2D eigenvalue weighted by Gasteiger charge is -2.07. The highest BCUT2D eigenvalue weighted by atomic mass is 32.1. The lowest BCUT2D eigenvalue weighted by molar-refractivity contribution is 0.0697. The van der Waals surface area contributed by atoms with Crippen LogP contribution in [0.3, 0.4) is 0 Å². The minimum Gasteiger partial charge on any atom is -0.478 e. The standard InChI is InChI=1S/C19H16O2S/c1-12-6-8-14(9-7-12)16-10-11-17(22-16)18-13(2)4-3-5-15(18)19(20)21/h3-11H,1-2H3,(H,20,21). The van der Waals surface area contributed by atoms with Crippen molar-refractivity contribution in [3.63, 3.8) is 0 Å². The maximum Gasteiger partial charge on any atom is 0.336 e. The Kier molecular flexibility index (Phi) is 3.82. The van der Waals surface area contributed by atoms with E-state index in [1.54, 1.807) is 23.5 Å². The van der Waals surface area contributed by atoms with Gasteiger partial charge < -0.3 is 5.11 Å². The summed E-state index contributed by atoms with van der Waals surface area (Å²) in [4.78, 5) is 13.6. The quantitative estimate of drug-likeness (QED) is 0.703. The van der Waals surface area contributed by atoms with Crippen molar-refractivity contribution in [3.8, 4) is 20.9 Å². The summed E-state index contributed by atoms with van der Waals surface area (Å²) in [5, 5.41) is 9.41. The van der Waals surface area contributed by atoms with Crippen LogP contribution in [0.4, 0.5) is 0 Å². The Morgan fingerprint density at radius 2 is 1.59 bits per heavy atom. The normalized spacial score (nSPS) is 10.6. The smallest absolute Gasteiger partial charge is 0.336 e. The van der Waals surface area contributed by atoms with E-state index >= 15 is 0 Å². The van der Waals surface area contributed by atoms with Crippen molar-refractivity contribution in [2.75, 3.05) is 0 Å². The number of hydrogen-bond acceptors (Lipinski definition) is 2. The van der Waals surface area contributed by atoms with Gasteiger partial charge in [0, 0.05) is 15.3 Å². The molecule has 0 radical (unpaired) electrons. The van der Waals surface area contributed by atoms with Crippen LogP contribution < -0.4 is 0 Å². The lowest BCUT2D eigenvalue weighted by Crippen LogP contribution is -2.00. The van der Waals surface area contributed by atoms with Gasteiger partial charge in [0.05, 0.1) is 5.56 Å². The molecule has 0 aliphatic carbocycles. The second-order valence-corrected chi connectivity index (χ2v) is 6.42. The third-order valence-corrected chi connectivity index (χ3v) is 4.84. The van der Waals surface area contributed by atoms with Crippen molar-refractivity contribution in [2.45, 2.75) is 13.8 Å². The Balaban J connectivity index is 2.08. The zero-order valence-corrected chi connectivity index (χ0v) is 13.3. The van der Waals surface area contributed by atoms with E-state index in [1.807, 2.05) is 19.1 Å². The third-order valence-electron chi connectivity index (χ3n) is 3.69. The molecule has 2 aromatic carbocycles. The van der Waals surface area contributed by atoms with E-state index in [0.717, 1.165) is 26.4 Å². The summed E-state index contributed by atoms with van der Waals surface area (Å²) in [6.45, 7) is 4.02. The molecule has 1 heterocycles. The molecule has 0 saturated carbocycles. The van der Waals surface area contributed by atoms with E-state index in [0.29, 0.717) is 5.56 Å². The van der Waals surface area contributed by atoms with Gasteiger partial charge in [-0.1, -0.05) is 42.0 Å². The van der Waals surface area contributed by atoms with Gasteiger partial charge in [-0.2, -0.15) is 0 Å². The van der Waals surface area contributed by atoms with Gasteiger partial charge >= 0.3 is 5.97 Å². The average molecular weight is 308 g/mol. The van der Waals surface area contributed by atoms with Crippen LogP contribution in [-0.4, -0.2) is 11.1 Å². The number of rotatable bonds is 3. The SMILES string of the molecule is Cc1ccc(-c2ccc(-c3c(C)cccc3C(=O)O)s2)cc1. The predicted octanol–water partition coefficient (Wildman–Crippen LogP) is 5.40. The number of aromatic carboxylic acids is 1. The van der Waals surface area contributed by atoms with E-state index in [1.165, 1.54) is 5.56 Å². The van der Waals surface area contributed by atoms with Crippen molar-refractivity contribution < 1.29 is 9.90 Å². The Bertz CT molecular complexity index is 829. The summed E-state index contributed by atoms with van der Waals surface area (Å²) in [5.74, 6) is -0.885. The van der Waals surface area contributed by atoms with Gasteiger partial charge in [0.2, 0.25) is 0 Å². The van der Waals surface area contributed by atoms with Crippen LogP contribution in [0.15, 0.2) is 54.6 Å². The van der Waals surface area contributed by atoms with E-state index in [4.69, 9.17) is 0 Å². The molecule has 110 valence electrons. The largest absolute Gasteiger partial charge is 0.478 e. The number of hydrogen-bond donors (Lipinski definition) is 1. The highest BCUT2D eigenvalue weighted by molar-refractivity contribution is 7.18. The molecule has 0 spiro atoms. The maximum absolute atomic E-state index is 11.5. The zero-order chi connectivity index (χ0) is 15.7. The first kappa shape index (κ1) is 14.5. The minimum atomic E-state index is -0.885. The molecule has 3 rings (SSSR count). The summed E-state index contributed by atoms with van der Waals surface area (Å²) in [5.41, 5.74) is 4.55. The Morgan fingerprint density at radius 3 is 2.27 bits per heavy atom. The lowest BCUT2D eigenvalue weighted by atomic mass is 10.0. The van der Waals surface area contributed by atoms with Crippen LogP contribution >= 0.6 is 11.3 Å². The molecule has 1 aromatic heterocycles. The van der Waals surface area contributed by atoms with Gasteiger partial charge in [0.15, 0.2) is 0 Å². The summed E-state index contributed by atoms with van der Waals surface area (Å²) >= 11 is 1.63. The molecule has 22 heavy (non-hydrogen) atoms. The van der Waals surface area contributed by atoms with Gasteiger partial charge in [-0.25, -0.2) is 4.79 Å². The maximum atomic E-state index is 11.5. The number of aryl methyl sites for hydroxylation is 2. The average Bonchev–Trinajstić information content (AvgIpc) is 2.97. The predicted molar refractivity (Wildman–Crippen MR) is 91.6 cm³/mol. The first-order valence-electron chi connectivity index (χ1n) is 7.06. The fourth-order valence-corrected chi connectivity index (χ4v) is 3.65. The van der Waals surface area contributed by atoms with E-state index in [9.17, 15) is 9.90 Å². The molecule has 0 fully saturated rings. The van der Waals surface area contributed by atoms with Crippen LogP contribution in [-0.2, 0) is 0 Å². The van der Waals surface area contributed by atoms with Gasteiger partial charge in [0.25, 0.3) is 0 Å².